The van der Waals surface area contributed by atoms with Crippen molar-refractivity contribution in [2.75, 3.05) is 24.7 Å². The third-order valence-electron chi connectivity index (χ3n) is 3.43. The molecule has 2 aliphatic rings. The zero-order valence-corrected chi connectivity index (χ0v) is 11.4. The van der Waals surface area contributed by atoms with Gasteiger partial charge in [0.1, 0.15) is 12.7 Å². The lowest BCUT2D eigenvalue weighted by molar-refractivity contribution is 0.0887. The Morgan fingerprint density at radius 1 is 1.26 bits per heavy atom. The Kier molecular flexibility index (Phi) is 3.36. The van der Waals surface area contributed by atoms with E-state index in [4.69, 9.17) is 9.47 Å². The Labute approximate surface area is 112 Å². The van der Waals surface area contributed by atoms with E-state index >= 15 is 0 Å². The van der Waals surface area contributed by atoms with Gasteiger partial charge in [0.25, 0.3) is 0 Å². The summed E-state index contributed by atoms with van der Waals surface area (Å²) in [6.07, 6.45) is 0.616. The summed E-state index contributed by atoms with van der Waals surface area (Å²) in [7, 11) is -2.83. The highest BCUT2D eigenvalue weighted by molar-refractivity contribution is 7.91. The van der Waals surface area contributed by atoms with Crippen molar-refractivity contribution in [2.24, 2.45) is 0 Å². The number of fused-ring (bicyclic) bond motifs is 1. The maximum absolute atomic E-state index is 11.4. The molecule has 2 aliphatic heterocycles. The maximum Gasteiger partial charge on any atom is 0.161 e. The fraction of sp³-hybridized carbons (Fsp3) is 0.538. The van der Waals surface area contributed by atoms with E-state index in [-0.39, 0.29) is 23.7 Å². The molecular weight excluding hydrogens is 266 g/mol. The van der Waals surface area contributed by atoms with Gasteiger partial charge in [0, 0.05) is 12.6 Å². The molecule has 6 heteroatoms. The predicted octanol–water partition coefficient (Wildman–Crippen LogP) is 0.603. The minimum atomic E-state index is -2.83. The van der Waals surface area contributed by atoms with E-state index in [1.54, 1.807) is 0 Å². The summed E-state index contributed by atoms with van der Waals surface area (Å²) in [5.41, 5.74) is 0. The molecule has 3 rings (SSSR count). The summed E-state index contributed by atoms with van der Waals surface area (Å²) in [4.78, 5) is 0. The van der Waals surface area contributed by atoms with Crippen LogP contribution in [-0.2, 0) is 9.84 Å². The number of hydrogen-bond acceptors (Lipinski definition) is 5. The second kappa shape index (κ2) is 5.02. The quantitative estimate of drug-likeness (QED) is 0.880. The fourth-order valence-electron chi connectivity index (χ4n) is 2.42. The molecule has 104 valence electrons. The lowest BCUT2D eigenvalue weighted by Gasteiger charge is -2.27. The zero-order chi connectivity index (χ0) is 13.3. The average molecular weight is 283 g/mol. The van der Waals surface area contributed by atoms with Crippen LogP contribution in [0.3, 0.4) is 0 Å². The third-order valence-corrected chi connectivity index (χ3v) is 5.20. The van der Waals surface area contributed by atoms with Crippen LogP contribution in [0.5, 0.6) is 11.5 Å². The molecule has 19 heavy (non-hydrogen) atoms. The van der Waals surface area contributed by atoms with Gasteiger partial charge in [0.05, 0.1) is 11.5 Å². The molecule has 0 aliphatic carbocycles. The lowest BCUT2D eigenvalue weighted by atomic mass is 10.2. The molecule has 0 saturated carbocycles. The molecule has 1 saturated heterocycles. The van der Waals surface area contributed by atoms with Gasteiger partial charge in [0.15, 0.2) is 21.3 Å². The molecule has 1 aromatic rings. The predicted molar refractivity (Wildman–Crippen MR) is 71.4 cm³/mol. The largest absolute Gasteiger partial charge is 0.486 e. The van der Waals surface area contributed by atoms with Gasteiger partial charge in [-0.05, 0) is 18.6 Å². The summed E-state index contributed by atoms with van der Waals surface area (Å²) < 4.78 is 34.1. The highest BCUT2D eigenvalue weighted by Crippen LogP contribution is 2.30. The van der Waals surface area contributed by atoms with Crippen LogP contribution in [0.15, 0.2) is 24.3 Å². The first-order valence-corrected chi connectivity index (χ1v) is 8.27. The average Bonchev–Trinajstić information content (AvgIpc) is 2.76. The van der Waals surface area contributed by atoms with Crippen LogP contribution >= 0.6 is 0 Å². The van der Waals surface area contributed by atoms with Crippen molar-refractivity contribution < 1.29 is 17.9 Å². The number of benzene rings is 1. The maximum atomic E-state index is 11.4. The SMILES string of the molecule is O=S1(=O)CCC(NCC2COc3ccccc3O2)C1. The number of ether oxygens (including phenoxy) is 2. The van der Waals surface area contributed by atoms with Crippen LogP contribution in [0.2, 0.25) is 0 Å². The monoisotopic (exact) mass is 283 g/mol. The molecule has 0 radical (unpaired) electrons. The van der Waals surface area contributed by atoms with Crippen molar-refractivity contribution in [1.82, 2.24) is 5.32 Å². The Morgan fingerprint density at radius 3 is 2.79 bits per heavy atom. The van der Waals surface area contributed by atoms with Crippen LogP contribution < -0.4 is 14.8 Å². The molecule has 0 spiro atoms. The summed E-state index contributed by atoms with van der Waals surface area (Å²) in [5, 5.41) is 3.25. The minimum absolute atomic E-state index is 0.0470. The van der Waals surface area contributed by atoms with Gasteiger partial charge in [-0.1, -0.05) is 12.1 Å². The normalized spacial score (nSPS) is 28.2. The topological polar surface area (TPSA) is 64.6 Å². The molecule has 0 bridgehead atoms. The lowest BCUT2D eigenvalue weighted by Crippen LogP contribution is -2.42. The zero-order valence-electron chi connectivity index (χ0n) is 10.5. The second-order valence-corrected chi connectivity index (χ2v) is 7.23. The van der Waals surface area contributed by atoms with E-state index in [1.807, 2.05) is 24.3 Å². The van der Waals surface area contributed by atoms with Gasteiger partial charge in [-0.25, -0.2) is 8.42 Å². The summed E-state index contributed by atoms with van der Waals surface area (Å²) in [6, 6.07) is 7.61. The van der Waals surface area contributed by atoms with E-state index in [1.165, 1.54) is 0 Å². The first-order chi connectivity index (χ1) is 9.12. The molecule has 1 fully saturated rings. The van der Waals surface area contributed by atoms with Crippen molar-refractivity contribution in [3.05, 3.63) is 24.3 Å². The van der Waals surface area contributed by atoms with Gasteiger partial charge in [0.2, 0.25) is 0 Å². The number of rotatable bonds is 3. The van der Waals surface area contributed by atoms with E-state index < -0.39 is 9.84 Å². The second-order valence-electron chi connectivity index (χ2n) is 5.01. The Hall–Kier alpha value is -1.27. The van der Waals surface area contributed by atoms with Gasteiger partial charge < -0.3 is 14.8 Å². The number of nitrogens with one attached hydrogen (secondary N) is 1. The van der Waals surface area contributed by atoms with Gasteiger partial charge in [-0.15, -0.1) is 0 Å². The van der Waals surface area contributed by atoms with E-state index in [0.717, 1.165) is 11.5 Å². The van der Waals surface area contributed by atoms with Crippen LogP contribution in [0.1, 0.15) is 6.42 Å². The summed E-state index contributed by atoms with van der Waals surface area (Å²) in [6.45, 7) is 1.10. The first-order valence-electron chi connectivity index (χ1n) is 6.45. The highest BCUT2D eigenvalue weighted by Gasteiger charge is 2.29. The van der Waals surface area contributed by atoms with Crippen molar-refractivity contribution in [3.8, 4) is 11.5 Å². The van der Waals surface area contributed by atoms with Gasteiger partial charge >= 0.3 is 0 Å². The highest BCUT2D eigenvalue weighted by atomic mass is 32.2. The molecule has 0 aromatic heterocycles. The smallest absolute Gasteiger partial charge is 0.161 e. The Bertz CT molecular complexity index is 558. The van der Waals surface area contributed by atoms with Crippen LogP contribution in [0.25, 0.3) is 0 Å². The molecule has 2 unspecified atom stereocenters. The molecular formula is C13H17NO4S. The summed E-state index contributed by atoms with van der Waals surface area (Å²) >= 11 is 0. The van der Waals surface area contributed by atoms with Crippen molar-refractivity contribution in [3.63, 3.8) is 0 Å². The molecule has 5 nitrogen and oxygen atoms in total. The molecule has 0 amide bonds. The van der Waals surface area contributed by atoms with Gasteiger partial charge in [-0.2, -0.15) is 0 Å². The number of hydrogen-bond donors (Lipinski definition) is 1. The van der Waals surface area contributed by atoms with Crippen molar-refractivity contribution in [2.45, 2.75) is 18.6 Å². The van der Waals surface area contributed by atoms with Crippen LogP contribution in [0.4, 0.5) is 0 Å². The Morgan fingerprint density at radius 2 is 2.05 bits per heavy atom. The molecule has 2 heterocycles. The standard InChI is InChI=1S/C13H17NO4S/c15-19(16)6-5-10(9-19)14-7-11-8-17-12-3-1-2-4-13(12)18-11/h1-4,10-11,14H,5-9H2. The van der Waals surface area contributed by atoms with Gasteiger partial charge in [-0.3, -0.25) is 0 Å². The van der Waals surface area contributed by atoms with Crippen molar-refractivity contribution >= 4 is 9.84 Å². The number of sulfone groups is 1. The van der Waals surface area contributed by atoms with E-state index in [2.05, 4.69) is 5.32 Å². The summed E-state index contributed by atoms with van der Waals surface area (Å²) in [5.74, 6) is 2.04. The molecule has 1 N–H and O–H groups in total. The van der Waals surface area contributed by atoms with E-state index in [9.17, 15) is 8.42 Å². The minimum Gasteiger partial charge on any atom is -0.486 e. The molecule has 1 aromatic carbocycles. The van der Waals surface area contributed by atoms with Crippen LogP contribution in [0, 0.1) is 0 Å². The van der Waals surface area contributed by atoms with Crippen molar-refractivity contribution in [1.29, 1.82) is 0 Å². The number of para-hydroxylation sites is 2. The Balaban J connectivity index is 1.53. The third kappa shape index (κ3) is 3.01. The molecule has 2 atom stereocenters. The van der Waals surface area contributed by atoms with Crippen LogP contribution in [-0.4, -0.2) is 45.2 Å². The fourth-order valence-corrected chi connectivity index (χ4v) is 4.13. The van der Waals surface area contributed by atoms with E-state index in [0.29, 0.717) is 19.6 Å². The first kappa shape index (κ1) is 12.7.